The maximum atomic E-state index is 13.8. The van der Waals surface area contributed by atoms with Gasteiger partial charge in [0, 0.05) is 5.56 Å². The smallest absolute Gasteiger partial charge is 0.190 e. The van der Waals surface area contributed by atoms with Crippen LogP contribution in [0.3, 0.4) is 0 Å². The number of para-hydroxylation sites is 2. The van der Waals surface area contributed by atoms with Crippen LogP contribution in [0.5, 0.6) is 5.75 Å². The number of hydrogen-bond donors (Lipinski definition) is 1. The molecule has 118 valence electrons. The quantitative estimate of drug-likeness (QED) is 0.537. The largest absolute Gasteiger partial charge is 0.487 e. The fourth-order valence-corrected chi connectivity index (χ4v) is 4.54. The third kappa shape index (κ3) is 2.16. The topological polar surface area (TPSA) is 47.0 Å². The lowest BCUT2D eigenvalue weighted by atomic mass is 10.1. The maximum absolute atomic E-state index is 13.8. The number of fused-ring (bicyclic) bond motifs is 4. The van der Waals surface area contributed by atoms with E-state index < -0.39 is 0 Å². The van der Waals surface area contributed by atoms with Gasteiger partial charge in [-0.15, -0.1) is 0 Å². The van der Waals surface area contributed by atoms with Crippen LogP contribution in [0.15, 0.2) is 42.5 Å². The molecule has 5 rings (SSSR count). The first kappa shape index (κ1) is 13.9. The van der Waals surface area contributed by atoms with E-state index in [1.165, 1.54) is 28.7 Å². The van der Waals surface area contributed by atoms with Crippen LogP contribution >= 0.6 is 22.7 Å². The van der Waals surface area contributed by atoms with Crippen LogP contribution in [0.25, 0.3) is 21.5 Å². The summed E-state index contributed by atoms with van der Waals surface area (Å²) in [7, 11) is 0. The Labute approximate surface area is 144 Å². The van der Waals surface area contributed by atoms with Crippen molar-refractivity contribution < 1.29 is 9.13 Å². The first-order valence-corrected chi connectivity index (χ1v) is 8.95. The van der Waals surface area contributed by atoms with Gasteiger partial charge in [-0.25, -0.2) is 14.4 Å². The highest BCUT2D eigenvalue weighted by atomic mass is 32.1. The van der Waals surface area contributed by atoms with Crippen LogP contribution in [0.4, 0.5) is 14.7 Å². The molecule has 0 spiro atoms. The summed E-state index contributed by atoms with van der Waals surface area (Å²) < 4.78 is 20.3. The Morgan fingerprint density at radius 1 is 1.00 bits per heavy atom. The van der Waals surface area contributed by atoms with Gasteiger partial charge >= 0.3 is 0 Å². The van der Waals surface area contributed by atoms with E-state index in [1.807, 2.05) is 30.3 Å². The van der Waals surface area contributed by atoms with Gasteiger partial charge in [0.15, 0.2) is 10.3 Å². The van der Waals surface area contributed by atoms with Crippen molar-refractivity contribution in [1.29, 1.82) is 0 Å². The van der Waals surface area contributed by atoms with E-state index in [2.05, 4.69) is 15.3 Å². The molecule has 0 radical (unpaired) electrons. The zero-order valence-electron chi connectivity index (χ0n) is 12.2. The summed E-state index contributed by atoms with van der Waals surface area (Å²) in [5.41, 5.74) is 2.33. The Bertz CT molecular complexity index is 1070. The van der Waals surface area contributed by atoms with Crippen LogP contribution < -0.4 is 10.1 Å². The molecule has 0 aliphatic carbocycles. The molecule has 1 N–H and O–H groups in total. The fourth-order valence-electron chi connectivity index (χ4n) is 2.70. The average Bonchev–Trinajstić information content (AvgIpc) is 3.19. The minimum atomic E-state index is -0.308. The maximum Gasteiger partial charge on any atom is 0.190 e. The molecule has 2 aromatic heterocycles. The predicted octanol–water partition coefficient (Wildman–Crippen LogP) is 5.19. The predicted molar refractivity (Wildman–Crippen MR) is 94.7 cm³/mol. The molecule has 4 nitrogen and oxygen atoms in total. The Hall–Kier alpha value is -2.51. The minimum Gasteiger partial charge on any atom is -0.487 e. The van der Waals surface area contributed by atoms with Crippen LogP contribution in [0.2, 0.25) is 0 Å². The molecule has 7 heteroatoms. The van der Waals surface area contributed by atoms with Crippen LogP contribution in [-0.4, -0.2) is 9.97 Å². The summed E-state index contributed by atoms with van der Waals surface area (Å²) in [4.78, 5) is 10.1. The monoisotopic (exact) mass is 355 g/mol. The van der Waals surface area contributed by atoms with E-state index in [0.717, 1.165) is 31.7 Å². The number of nitrogens with zero attached hydrogens (tertiary/aromatic N) is 2. The summed E-state index contributed by atoms with van der Waals surface area (Å²) in [6.07, 6.45) is 0. The molecular weight excluding hydrogens is 345 g/mol. The molecule has 0 unspecified atom stereocenters. The van der Waals surface area contributed by atoms with Gasteiger partial charge in [-0.1, -0.05) is 40.9 Å². The highest BCUT2D eigenvalue weighted by molar-refractivity contribution is 7.22. The van der Waals surface area contributed by atoms with Crippen LogP contribution in [0, 0.1) is 5.82 Å². The van der Waals surface area contributed by atoms with Crippen molar-refractivity contribution >= 4 is 43.2 Å². The van der Waals surface area contributed by atoms with Crippen LogP contribution in [0.1, 0.15) is 4.88 Å². The van der Waals surface area contributed by atoms with E-state index in [0.29, 0.717) is 17.3 Å². The average molecular weight is 355 g/mol. The minimum absolute atomic E-state index is 0.308. The second-order valence-electron chi connectivity index (χ2n) is 5.31. The van der Waals surface area contributed by atoms with Gasteiger partial charge in [-0.3, -0.25) is 0 Å². The molecule has 1 aliphatic rings. The second kappa shape index (κ2) is 5.25. The van der Waals surface area contributed by atoms with Gasteiger partial charge in [0.1, 0.15) is 23.7 Å². The Kier molecular flexibility index (Phi) is 3.04. The lowest BCUT2D eigenvalue weighted by Crippen LogP contribution is -2.02. The molecule has 0 amide bonds. The van der Waals surface area contributed by atoms with Gasteiger partial charge in [0.2, 0.25) is 0 Å². The third-order valence-corrected chi connectivity index (χ3v) is 5.66. The second-order valence-corrected chi connectivity index (χ2v) is 7.42. The molecule has 0 saturated heterocycles. The molecule has 2 aromatic carbocycles. The highest BCUT2D eigenvalue weighted by Crippen LogP contribution is 2.41. The summed E-state index contributed by atoms with van der Waals surface area (Å²) >= 11 is 2.94. The van der Waals surface area contributed by atoms with Crippen LogP contribution in [-0.2, 0) is 6.61 Å². The van der Waals surface area contributed by atoms with E-state index in [-0.39, 0.29) is 5.82 Å². The zero-order chi connectivity index (χ0) is 16.1. The Balaban J connectivity index is 1.53. The van der Waals surface area contributed by atoms with Gasteiger partial charge in [0.25, 0.3) is 0 Å². The van der Waals surface area contributed by atoms with E-state index in [1.54, 1.807) is 6.07 Å². The molecule has 0 bridgehead atoms. The van der Waals surface area contributed by atoms with Gasteiger partial charge in [-0.05, 0) is 24.3 Å². The zero-order valence-corrected chi connectivity index (χ0v) is 13.9. The number of rotatable bonds is 2. The Morgan fingerprint density at radius 3 is 2.79 bits per heavy atom. The number of thiazole rings is 2. The molecule has 0 fully saturated rings. The molecule has 0 atom stereocenters. The SMILES string of the molecule is Fc1cccc2sc(Nc3nc4c(s3)COc3ccccc3-4)nc12. The summed E-state index contributed by atoms with van der Waals surface area (Å²) in [5, 5.41) is 4.57. The van der Waals surface area contributed by atoms with Crippen molar-refractivity contribution in [2.75, 3.05) is 5.32 Å². The van der Waals surface area contributed by atoms with E-state index in [9.17, 15) is 4.39 Å². The van der Waals surface area contributed by atoms with Crippen molar-refractivity contribution in [3.05, 3.63) is 53.2 Å². The van der Waals surface area contributed by atoms with Gasteiger partial charge < -0.3 is 10.1 Å². The van der Waals surface area contributed by atoms with Crippen molar-refractivity contribution in [2.24, 2.45) is 0 Å². The lowest BCUT2D eigenvalue weighted by molar-refractivity contribution is 0.305. The normalized spacial score (nSPS) is 12.5. The number of aromatic nitrogens is 2. The highest BCUT2D eigenvalue weighted by Gasteiger charge is 2.22. The first-order valence-electron chi connectivity index (χ1n) is 7.32. The molecule has 0 saturated carbocycles. The van der Waals surface area contributed by atoms with Crippen molar-refractivity contribution in [1.82, 2.24) is 9.97 Å². The third-order valence-electron chi connectivity index (χ3n) is 3.78. The first-order chi connectivity index (χ1) is 11.8. The standard InChI is InChI=1S/C17H10FN3OS2/c18-10-5-3-7-12-15(10)20-17(23-12)21-16-19-14-9-4-1-2-6-11(9)22-8-13(14)24-16/h1-7H,8H2,(H,19,20,21). The number of halogens is 1. The summed E-state index contributed by atoms with van der Waals surface area (Å²) in [6.45, 7) is 0.514. The van der Waals surface area contributed by atoms with Crippen molar-refractivity contribution in [3.8, 4) is 17.0 Å². The number of nitrogens with one attached hydrogen (secondary N) is 1. The molecular formula is C17H10FN3OS2. The lowest BCUT2D eigenvalue weighted by Gasteiger charge is -2.15. The van der Waals surface area contributed by atoms with Crippen molar-refractivity contribution in [3.63, 3.8) is 0 Å². The number of hydrogen-bond acceptors (Lipinski definition) is 6. The fraction of sp³-hybridized carbons (Fsp3) is 0.0588. The van der Waals surface area contributed by atoms with E-state index >= 15 is 0 Å². The molecule has 4 aromatic rings. The van der Waals surface area contributed by atoms with Crippen molar-refractivity contribution in [2.45, 2.75) is 6.61 Å². The summed E-state index contributed by atoms with van der Waals surface area (Å²) in [6, 6.07) is 12.8. The summed E-state index contributed by atoms with van der Waals surface area (Å²) in [5.74, 6) is 0.543. The molecule has 24 heavy (non-hydrogen) atoms. The van der Waals surface area contributed by atoms with Gasteiger partial charge in [-0.2, -0.15) is 0 Å². The van der Waals surface area contributed by atoms with Gasteiger partial charge in [0.05, 0.1) is 15.3 Å². The molecule has 3 heterocycles. The Morgan fingerprint density at radius 2 is 1.88 bits per heavy atom. The van der Waals surface area contributed by atoms with E-state index in [4.69, 9.17) is 4.74 Å². The number of anilines is 2. The number of ether oxygens (including phenoxy) is 1. The number of benzene rings is 2. The molecule has 1 aliphatic heterocycles.